The molecule has 1 atom stereocenters. The summed E-state index contributed by atoms with van der Waals surface area (Å²) in [5, 5.41) is 18.4. The van der Waals surface area contributed by atoms with Gasteiger partial charge in [0.2, 0.25) is 0 Å². The second-order valence-electron chi connectivity index (χ2n) is 6.50. The lowest BCUT2D eigenvalue weighted by molar-refractivity contribution is -0.0395. The molecule has 0 saturated carbocycles. The molecule has 3 rings (SSSR count). The average molecular weight is 382 g/mol. The first kappa shape index (κ1) is 19.5. The maximum Gasteiger partial charge on any atom is 0.273 e. The minimum atomic E-state index is -0.456. The van der Waals surface area contributed by atoms with E-state index in [0.717, 1.165) is 25.0 Å². The Balaban J connectivity index is 1.82. The van der Waals surface area contributed by atoms with E-state index in [-0.39, 0.29) is 36.5 Å². The fraction of sp³-hybridized carbons (Fsp3) is 0.421. The molecule has 28 heavy (non-hydrogen) atoms. The first-order valence-corrected chi connectivity index (χ1v) is 9.18. The van der Waals surface area contributed by atoms with Crippen molar-refractivity contribution in [1.82, 2.24) is 20.1 Å². The Morgan fingerprint density at radius 1 is 1.36 bits per heavy atom. The molecule has 1 saturated heterocycles. The van der Waals surface area contributed by atoms with E-state index < -0.39 is 5.91 Å². The number of hydrogen-bond acceptors (Lipinski definition) is 6. The van der Waals surface area contributed by atoms with Crippen LogP contribution >= 0.6 is 0 Å². The molecular formula is C19H22N6O3. The number of anilines is 1. The molecule has 0 aliphatic carbocycles. The molecule has 3 heterocycles. The van der Waals surface area contributed by atoms with E-state index in [1.165, 1.54) is 6.20 Å². The largest absolute Gasteiger partial charge is 0.357 e. The number of carbonyl (C=O) groups excluding carboxylic acids is 2. The van der Waals surface area contributed by atoms with Crippen LogP contribution in [0.15, 0.2) is 24.5 Å². The van der Waals surface area contributed by atoms with Gasteiger partial charge in [-0.15, -0.1) is 0 Å². The zero-order valence-electron chi connectivity index (χ0n) is 15.6. The standard InChI is InChI=1S/C19H22N6O3/c1-13-6-7-14(11-22-13)18(26)23-15-12-25(16-5-2-3-10-28-16)24-17(15)19(27)21-9-4-8-20/h6-7,11-12,16H,2-5,9-10H2,1H3,(H,21,27)(H,23,26). The lowest BCUT2D eigenvalue weighted by Gasteiger charge is -2.22. The van der Waals surface area contributed by atoms with Gasteiger partial charge >= 0.3 is 0 Å². The van der Waals surface area contributed by atoms with Crippen molar-refractivity contribution < 1.29 is 14.3 Å². The van der Waals surface area contributed by atoms with Crippen LogP contribution in [-0.2, 0) is 4.74 Å². The Bertz CT molecular complexity index is 878. The van der Waals surface area contributed by atoms with E-state index >= 15 is 0 Å². The highest BCUT2D eigenvalue weighted by Gasteiger charge is 2.23. The lowest BCUT2D eigenvalue weighted by atomic mass is 10.2. The van der Waals surface area contributed by atoms with Crippen LogP contribution in [0.5, 0.6) is 0 Å². The molecule has 2 aromatic heterocycles. The van der Waals surface area contributed by atoms with Gasteiger partial charge in [-0.1, -0.05) is 0 Å². The molecule has 1 aliphatic heterocycles. The molecule has 0 spiro atoms. The van der Waals surface area contributed by atoms with Crippen LogP contribution in [0.25, 0.3) is 0 Å². The molecule has 9 heteroatoms. The summed E-state index contributed by atoms with van der Waals surface area (Å²) in [7, 11) is 0. The van der Waals surface area contributed by atoms with Gasteiger partial charge in [0.1, 0.15) is 6.23 Å². The predicted molar refractivity (Wildman–Crippen MR) is 101 cm³/mol. The maximum absolute atomic E-state index is 12.6. The Morgan fingerprint density at radius 3 is 2.89 bits per heavy atom. The van der Waals surface area contributed by atoms with Crippen LogP contribution in [0.3, 0.4) is 0 Å². The van der Waals surface area contributed by atoms with Crippen molar-refractivity contribution in [1.29, 1.82) is 5.26 Å². The summed E-state index contributed by atoms with van der Waals surface area (Å²) in [6, 6.07) is 5.37. The number of hydrogen-bond donors (Lipinski definition) is 2. The quantitative estimate of drug-likeness (QED) is 0.739. The van der Waals surface area contributed by atoms with Crippen molar-refractivity contribution >= 4 is 17.5 Å². The monoisotopic (exact) mass is 382 g/mol. The highest BCUT2D eigenvalue weighted by atomic mass is 16.5. The SMILES string of the molecule is Cc1ccc(C(=O)Nc2cn(C3CCCCO3)nc2C(=O)NCCC#N)cn1. The van der Waals surface area contributed by atoms with Gasteiger partial charge in [-0.25, -0.2) is 4.68 Å². The Morgan fingerprint density at radius 2 is 2.21 bits per heavy atom. The number of aromatic nitrogens is 3. The van der Waals surface area contributed by atoms with E-state index in [4.69, 9.17) is 10.00 Å². The molecule has 146 valence electrons. The Hall–Kier alpha value is -3.25. The minimum absolute atomic E-state index is 0.0838. The molecule has 9 nitrogen and oxygen atoms in total. The molecule has 0 bridgehead atoms. The van der Waals surface area contributed by atoms with E-state index in [1.54, 1.807) is 23.0 Å². The zero-order valence-corrected chi connectivity index (χ0v) is 15.6. The van der Waals surface area contributed by atoms with Crippen molar-refractivity contribution in [2.45, 2.75) is 38.8 Å². The number of amides is 2. The van der Waals surface area contributed by atoms with Crippen molar-refractivity contribution in [3.05, 3.63) is 41.5 Å². The van der Waals surface area contributed by atoms with Gasteiger partial charge in [0.15, 0.2) is 5.69 Å². The number of nitrogens with one attached hydrogen (secondary N) is 2. The molecule has 2 aromatic rings. The third kappa shape index (κ3) is 4.72. The van der Waals surface area contributed by atoms with Crippen LogP contribution in [0, 0.1) is 18.3 Å². The normalized spacial score (nSPS) is 16.2. The number of rotatable bonds is 6. The molecule has 2 N–H and O–H groups in total. The van der Waals surface area contributed by atoms with E-state index in [2.05, 4.69) is 20.7 Å². The van der Waals surface area contributed by atoms with Crippen molar-refractivity contribution in [3.8, 4) is 6.07 Å². The average Bonchev–Trinajstić information content (AvgIpc) is 3.13. The van der Waals surface area contributed by atoms with Gasteiger partial charge in [-0.2, -0.15) is 10.4 Å². The van der Waals surface area contributed by atoms with Crippen LogP contribution < -0.4 is 10.6 Å². The molecule has 0 radical (unpaired) electrons. The topological polar surface area (TPSA) is 122 Å². The molecule has 1 fully saturated rings. The molecular weight excluding hydrogens is 360 g/mol. The fourth-order valence-electron chi connectivity index (χ4n) is 2.84. The minimum Gasteiger partial charge on any atom is -0.357 e. The van der Waals surface area contributed by atoms with Crippen LogP contribution in [0.4, 0.5) is 5.69 Å². The lowest BCUT2D eigenvalue weighted by Crippen LogP contribution is -2.26. The van der Waals surface area contributed by atoms with Gasteiger partial charge in [-0.3, -0.25) is 14.6 Å². The highest BCUT2D eigenvalue weighted by molar-refractivity contribution is 6.08. The second-order valence-corrected chi connectivity index (χ2v) is 6.50. The van der Waals surface area contributed by atoms with Crippen molar-refractivity contribution in [2.75, 3.05) is 18.5 Å². The van der Waals surface area contributed by atoms with Crippen molar-refractivity contribution in [2.24, 2.45) is 0 Å². The third-order valence-corrected chi connectivity index (χ3v) is 4.34. The van der Waals surface area contributed by atoms with Crippen LogP contribution in [0.1, 0.15) is 58.5 Å². The number of nitrogens with zero attached hydrogens (tertiary/aromatic N) is 4. The molecule has 1 unspecified atom stereocenters. The second kappa shape index (κ2) is 9.10. The number of carbonyl (C=O) groups is 2. The van der Waals surface area contributed by atoms with Crippen LogP contribution in [-0.4, -0.2) is 39.7 Å². The van der Waals surface area contributed by atoms with E-state index in [1.807, 2.05) is 13.0 Å². The number of nitriles is 1. The summed E-state index contributed by atoms with van der Waals surface area (Å²) >= 11 is 0. The summed E-state index contributed by atoms with van der Waals surface area (Å²) in [6.45, 7) is 2.67. The number of aryl methyl sites for hydroxylation is 1. The van der Waals surface area contributed by atoms with E-state index in [9.17, 15) is 9.59 Å². The van der Waals surface area contributed by atoms with Crippen molar-refractivity contribution in [3.63, 3.8) is 0 Å². The smallest absolute Gasteiger partial charge is 0.273 e. The van der Waals surface area contributed by atoms with Crippen LogP contribution in [0.2, 0.25) is 0 Å². The van der Waals surface area contributed by atoms with Gasteiger partial charge in [0, 0.05) is 25.0 Å². The van der Waals surface area contributed by atoms with Gasteiger partial charge in [0.25, 0.3) is 11.8 Å². The Kier molecular flexibility index (Phi) is 6.34. The fourth-order valence-corrected chi connectivity index (χ4v) is 2.84. The maximum atomic E-state index is 12.6. The first-order chi connectivity index (χ1) is 13.6. The molecule has 2 amide bonds. The first-order valence-electron chi connectivity index (χ1n) is 9.18. The van der Waals surface area contributed by atoms with Gasteiger partial charge < -0.3 is 15.4 Å². The Labute approximate surface area is 162 Å². The zero-order chi connectivity index (χ0) is 19.9. The summed E-state index contributed by atoms with van der Waals surface area (Å²) in [5.41, 5.74) is 1.55. The summed E-state index contributed by atoms with van der Waals surface area (Å²) in [5.74, 6) is -0.843. The predicted octanol–water partition coefficient (Wildman–Crippen LogP) is 2.18. The number of ether oxygens (including phenoxy) is 1. The third-order valence-electron chi connectivity index (χ3n) is 4.34. The number of pyridine rings is 1. The molecule has 1 aliphatic rings. The molecule has 0 aromatic carbocycles. The highest BCUT2D eigenvalue weighted by Crippen LogP contribution is 2.25. The van der Waals surface area contributed by atoms with E-state index in [0.29, 0.717) is 12.2 Å². The van der Waals surface area contributed by atoms with Gasteiger partial charge in [0.05, 0.1) is 29.9 Å². The summed E-state index contributed by atoms with van der Waals surface area (Å²) in [4.78, 5) is 29.2. The summed E-state index contributed by atoms with van der Waals surface area (Å²) < 4.78 is 7.29. The van der Waals surface area contributed by atoms with Gasteiger partial charge in [-0.05, 0) is 38.3 Å². The summed E-state index contributed by atoms with van der Waals surface area (Å²) in [6.07, 6.45) is 5.78.